The topological polar surface area (TPSA) is 98.7 Å². The van der Waals surface area contributed by atoms with Gasteiger partial charge in [-0.2, -0.15) is 0 Å². The molecule has 0 saturated heterocycles. The van der Waals surface area contributed by atoms with Gasteiger partial charge in [0.1, 0.15) is 5.01 Å². The van der Waals surface area contributed by atoms with Crippen molar-refractivity contribution in [3.05, 3.63) is 23.4 Å². The second kappa shape index (κ2) is 7.36. The molecule has 0 saturated carbocycles. The van der Waals surface area contributed by atoms with E-state index in [0.717, 1.165) is 5.01 Å². The molecule has 3 rings (SSSR count). The molecule has 25 heavy (non-hydrogen) atoms. The van der Waals surface area contributed by atoms with Gasteiger partial charge in [0.2, 0.25) is 16.9 Å². The summed E-state index contributed by atoms with van der Waals surface area (Å²) in [6, 6.07) is 3.77. The molecule has 0 unspecified atom stereocenters. The molecule has 132 valence electrons. The number of carbonyl (C=O) groups excluding carboxylic acids is 1. The molecule has 10 heteroatoms. The van der Waals surface area contributed by atoms with Crippen molar-refractivity contribution in [2.45, 2.75) is 44.1 Å². The van der Waals surface area contributed by atoms with Gasteiger partial charge in [-0.05, 0) is 39.8 Å². The lowest BCUT2D eigenvalue weighted by molar-refractivity contribution is -0.115. The van der Waals surface area contributed by atoms with Gasteiger partial charge in [-0.25, -0.2) is 0 Å². The Kier molecular flexibility index (Phi) is 5.19. The molecule has 0 radical (unpaired) electrons. The second-order valence-electron chi connectivity index (χ2n) is 5.62. The fraction of sp³-hybridized carbons (Fsp3) is 0.400. The summed E-state index contributed by atoms with van der Waals surface area (Å²) < 4.78 is 7.39. The quantitative estimate of drug-likeness (QED) is 0.656. The standard InChI is InChI=1S/C15H18N6O2S2/c1-8(2)21-12(11-6-5-7-23-11)18-20-15(21)24-9(3)13(22)16-14-19-17-10(4)25-14/h5-9H,1-4H3,(H,16,19,22)/t9-/m1/s1. The summed E-state index contributed by atoms with van der Waals surface area (Å²) in [5, 5.41) is 20.6. The maximum atomic E-state index is 12.4. The molecule has 0 bridgehead atoms. The van der Waals surface area contributed by atoms with Crippen molar-refractivity contribution in [1.29, 1.82) is 0 Å². The lowest BCUT2D eigenvalue weighted by atomic mass is 10.3. The van der Waals surface area contributed by atoms with E-state index in [9.17, 15) is 4.79 Å². The molecule has 0 aliphatic heterocycles. The second-order valence-corrected chi connectivity index (χ2v) is 8.11. The first-order chi connectivity index (χ1) is 12.0. The summed E-state index contributed by atoms with van der Waals surface area (Å²) >= 11 is 2.68. The number of thioether (sulfide) groups is 1. The molecule has 0 fully saturated rings. The molecule has 1 N–H and O–H groups in total. The Bertz CT molecular complexity index is 855. The maximum Gasteiger partial charge on any atom is 0.239 e. The van der Waals surface area contributed by atoms with E-state index in [1.807, 2.05) is 44.4 Å². The number of amides is 1. The minimum Gasteiger partial charge on any atom is -0.461 e. The Labute approximate surface area is 153 Å². The van der Waals surface area contributed by atoms with Gasteiger partial charge in [0.25, 0.3) is 0 Å². The summed E-state index contributed by atoms with van der Waals surface area (Å²) in [7, 11) is 0. The molecule has 8 nitrogen and oxygen atoms in total. The van der Waals surface area contributed by atoms with E-state index in [-0.39, 0.29) is 17.2 Å². The third kappa shape index (κ3) is 3.90. The van der Waals surface area contributed by atoms with Crippen LogP contribution in [-0.4, -0.2) is 36.1 Å². The first-order valence-electron chi connectivity index (χ1n) is 7.72. The summed E-state index contributed by atoms with van der Waals surface area (Å²) in [5.74, 6) is 1.14. The molecule has 0 spiro atoms. The zero-order valence-electron chi connectivity index (χ0n) is 14.3. The Hall–Kier alpha value is -2.20. The minimum atomic E-state index is -0.365. The number of anilines is 1. The van der Waals surface area contributed by atoms with Crippen LogP contribution in [0.15, 0.2) is 28.0 Å². The summed E-state index contributed by atoms with van der Waals surface area (Å²) in [5.41, 5.74) is 0. The van der Waals surface area contributed by atoms with Gasteiger partial charge in [-0.3, -0.25) is 14.7 Å². The first-order valence-corrected chi connectivity index (χ1v) is 9.41. The monoisotopic (exact) mass is 378 g/mol. The number of furan rings is 1. The molecule has 3 heterocycles. The van der Waals surface area contributed by atoms with Crippen molar-refractivity contribution in [1.82, 2.24) is 25.0 Å². The number of rotatable bonds is 6. The summed E-state index contributed by atoms with van der Waals surface area (Å²) in [6.45, 7) is 7.73. The molecular weight excluding hydrogens is 360 g/mol. The number of carbonyl (C=O) groups is 1. The van der Waals surface area contributed by atoms with E-state index in [1.54, 1.807) is 6.26 Å². The van der Waals surface area contributed by atoms with Gasteiger partial charge >= 0.3 is 0 Å². The summed E-state index contributed by atoms with van der Waals surface area (Å²) in [6.07, 6.45) is 1.60. The fourth-order valence-corrected chi connectivity index (χ4v) is 3.74. The van der Waals surface area contributed by atoms with E-state index in [0.29, 0.717) is 21.9 Å². The smallest absolute Gasteiger partial charge is 0.239 e. The highest BCUT2D eigenvalue weighted by Gasteiger charge is 2.23. The van der Waals surface area contributed by atoms with E-state index in [1.165, 1.54) is 23.1 Å². The van der Waals surface area contributed by atoms with Crippen molar-refractivity contribution >= 4 is 34.1 Å². The van der Waals surface area contributed by atoms with E-state index in [4.69, 9.17) is 4.42 Å². The van der Waals surface area contributed by atoms with Crippen LogP contribution < -0.4 is 5.32 Å². The highest BCUT2D eigenvalue weighted by atomic mass is 32.2. The molecule has 3 aromatic heterocycles. The van der Waals surface area contributed by atoms with Crippen LogP contribution in [0.2, 0.25) is 0 Å². The lowest BCUT2D eigenvalue weighted by Gasteiger charge is -2.15. The average molecular weight is 378 g/mol. The van der Waals surface area contributed by atoms with Gasteiger partial charge in [0.05, 0.1) is 11.5 Å². The molecular formula is C15H18N6O2S2. The molecule has 0 aromatic carbocycles. The predicted molar refractivity (Wildman–Crippen MR) is 96.7 cm³/mol. The predicted octanol–water partition coefficient (Wildman–Crippen LogP) is 3.40. The third-order valence-electron chi connectivity index (χ3n) is 3.33. The number of aromatic nitrogens is 5. The fourth-order valence-electron chi connectivity index (χ4n) is 2.16. The van der Waals surface area contributed by atoms with Crippen molar-refractivity contribution in [3.8, 4) is 11.6 Å². The zero-order valence-corrected chi connectivity index (χ0v) is 15.9. The van der Waals surface area contributed by atoms with Gasteiger partial charge in [-0.1, -0.05) is 23.1 Å². The maximum absolute atomic E-state index is 12.4. The zero-order chi connectivity index (χ0) is 18.0. The van der Waals surface area contributed by atoms with Crippen LogP contribution in [-0.2, 0) is 4.79 Å². The number of aryl methyl sites for hydroxylation is 1. The van der Waals surface area contributed by atoms with Gasteiger partial charge < -0.3 is 4.42 Å². The molecule has 0 aliphatic carbocycles. The van der Waals surface area contributed by atoms with Crippen LogP contribution in [0.5, 0.6) is 0 Å². The number of hydrogen-bond acceptors (Lipinski definition) is 8. The third-order valence-corrected chi connectivity index (χ3v) is 5.14. The first kappa shape index (κ1) is 17.6. The normalized spacial score (nSPS) is 12.5. The van der Waals surface area contributed by atoms with Crippen LogP contribution in [0.4, 0.5) is 5.13 Å². The molecule has 3 aromatic rings. The largest absolute Gasteiger partial charge is 0.461 e. The highest BCUT2D eigenvalue weighted by molar-refractivity contribution is 8.00. The van der Waals surface area contributed by atoms with Gasteiger partial charge in [-0.15, -0.1) is 20.4 Å². The Morgan fingerprint density at radius 3 is 2.68 bits per heavy atom. The van der Waals surface area contributed by atoms with Crippen LogP contribution in [0.3, 0.4) is 0 Å². The summed E-state index contributed by atoms with van der Waals surface area (Å²) in [4.78, 5) is 12.4. The molecule has 1 atom stereocenters. The van der Waals surface area contributed by atoms with Gasteiger partial charge in [0, 0.05) is 6.04 Å². The lowest BCUT2D eigenvalue weighted by Crippen LogP contribution is -2.23. The van der Waals surface area contributed by atoms with Crippen LogP contribution >= 0.6 is 23.1 Å². The average Bonchev–Trinajstić information content (AvgIpc) is 3.27. The number of nitrogens with zero attached hydrogens (tertiary/aromatic N) is 5. The molecule has 0 aliphatic rings. The highest BCUT2D eigenvalue weighted by Crippen LogP contribution is 2.30. The van der Waals surface area contributed by atoms with E-state index in [2.05, 4.69) is 25.7 Å². The number of nitrogens with one attached hydrogen (secondary N) is 1. The van der Waals surface area contributed by atoms with Crippen LogP contribution in [0.25, 0.3) is 11.6 Å². The molecule has 1 amide bonds. The van der Waals surface area contributed by atoms with Gasteiger partial charge in [0.15, 0.2) is 10.9 Å². The van der Waals surface area contributed by atoms with Crippen LogP contribution in [0.1, 0.15) is 31.8 Å². The van der Waals surface area contributed by atoms with Crippen molar-refractivity contribution in [3.63, 3.8) is 0 Å². The SMILES string of the molecule is Cc1nnc(NC(=O)[C@@H](C)Sc2nnc(-c3ccco3)n2C(C)C)s1. The number of hydrogen-bond donors (Lipinski definition) is 1. The van der Waals surface area contributed by atoms with Crippen molar-refractivity contribution in [2.24, 2.45) is 0 Å². The Morgan fingerprint density at radius 2 is 2.08 bits per heavy atom. The Morgan fingerprint density at radius 1 is 1.28 bits per heavy atom. The van der Waals surface area contributed by atoms with E-state index < -0.39 is 0 Å². The van der Waals surface area contributed by atoms with E-state index >= 15 is 0 Å². The minimum absolute atomic E-state index is 0.124. The van der Waals surface area contributed by atoms with Crippen molar-refractivity contribution in [2.75, 3.05) is 5.32 Å². The Balaban J connectivity index is 1.76. The van der Waals surface area contributed by atoms with Crippen LogP contribution in [0, 0.1) is 6.92 Å². The van der Waals surface area contributed by atoms with Crippen molar-refractivity contribution < 1.29 is 9.21 Å².